The fraction of sp³-hybridized carbons (Fsp3) is 0.167. The molecule has 18 heavy (non-hydrogen) atoms. The molecular weight excluding hydrogens is 270 g/mol. The quantitative estimate of drug-likeness (QED) is 0.847. The van der Waals surface area contributed by atoms with E-state index in [1.807, 2.05) is 12.1 Å². The third-order valence-corrected chi connectivity index (χ3v) is 3.68. The van der Waals surface area contributed by atoms with Crippen molar-refractivity contribution in [2.24, 2.45) is 5.73 Å². The van der Waals surface area contributed by atoms with Crippen molar-refractivity contribution in [3.8, 4) is 0 Å². The molecule has 3 N–H and O–H groups in total. The molecule has 0 aliphatic rings. The van der Waals surface area contributed by atoms with Crippen LogP contribution in [0.5, 0.6) is 0 Å². The number of nitrogens with one attached hydrogen (secondary N) is 1. The molecule has 1 heterocycles. The molecule has 4 nitrogen and oxygen atoms in total. The second-order valence-electron chi connectivity index (χ2n) is 3.71. The average Bonchev–Trinajstić information content (AvgIpc) is 2.27. The maximum absolute atomic E-state index is 11.4. The van der Waals surface area contributed by atoms with Gasteiger partial charge in [-0.15, -0.1) is 0 Å². The Morgan fingerprint density at radius 3 is 2.94 bits per heavy atom. The summed E-state index contributed by atoms with van der Waals surface area (Å²) in [5.41, 5.74) is 7.04. The van der Waals surface area contributed by atoms with Crippen LogP contribution in [0.15, 0.2) is 39.1 Å². The lowest BCUT2D eigenvalue weighted by Crippen LogP contribution is -2.08. The van der Waals surface area contributed by atoms with Crippen LogP contribution in [0.4, 0.5) is 0 Å². The molecule has 94 valence electrons. The number of nitrogens with two attached hydrogens (primary N) is 1. The third-order valence-electron chi connectivity index (χ3n) is 2.33. The summed E-state index contributed by atoms with van der Waals surface area (Å²) >= 11 is 7.42. The Kier molecular flexibility index (Phi) is 4.06. The first kappa shape index (κ1) is 13.1. The van der Waals surface area contributed by atoms with E-state index in [1.54, 1.807) is 13.0 Å². The number of halogens is 1. The number of aromatic nitrogens is 2. The fourth-order valence-corrected chi connectivity index (χ4v) is 2.86. The van der Waals surface area contributed by atoms with Crippen LogP contribution in [0.25, 0.3) is 0 Å². The first-order valence-corrected chi connectivity index (χ1v) is 6.53. The monoisotopic (exact) mass is 281 g/mol. The average molecular weight is 282 g/mol. The Morgan fingerprint density at radius 1 is 1.50 bits per heavy atom. The van der Waals surface area contributed by atoms with Gasteiger partial charge >= 0.3 is 0 Å². The highest BCUT2D eigenvalue weighted by Crippen LogP contribution is 2.31. The standard InChI is InChI=1S/C12H12ClN3OS/c1-7-5-11(17)16-12(15-7)18-10-4-2-3-9(13)8(10)6-14/h2-5H,6,14H2,1H3,(H,15,16,17). The molecule has 0 amide bonds. The van der Waals surface area contributed by atoms with Gasteiger partial charge in [0.2, 0.25) is 0 Å². The molecule has 0 aliphatic heterocycles. The first-order valence-electron chi connectivity index (χ1n) is 5.33. The minimum absolute atomic E-state index is 0.165. The molecule has 1 aromatic carbocycles. The molecular formula is C12H12ClN3OS. The van der Waals surface area contributed by atoms with Gasteiger partial charge in [-0.1, -0.05) is 29.4 Å². The number of hydrogen-bond acceptors (Lipinski definition) is 4. The van der Waals surface area contributed by atoms with Crippen molar-refractivity contribution >= 4 is 23.4 Å². The van der Waals surface area contributed by atoms with Gasteiger partial charge in [-0.2, -0.15) is 0 Å². The van der Waals surface area contributed by atoms with Gasteiger partial charge in [0.25, 0.3) is 5.56 Å². The smallest absolute Gasteiger partial charge is 0.251 e. The van der Waals surface area contributed by atoms with E-state index < -0.39 is 0 Å². The number of hydrogen-bond donors (Lipinski definition) is 2. The van der Waals surface area contributed by atoms with Gasteiger partial charge in [-0.25, -0.2) is 4.98 Å². The highest BCUT2D eigenvalue weighted by molar-refractivity contribution is 7.99. The minimum atomic E-state index is -0.165. The Labute approximate surface area is 114 Å². The SMILES string of the molecule is Cc1cc(=O)[nH]c(Sc2cccc(Cl)c2CN)n1. The number of H-pyrrole nitrogens is 1. The van der Waals surface area contributed by atoms with Crippen molar-refractivity contribution in [1.82, 2.24) is 9.97 Å². The first-order chi connectivity index (χ1) is 8.60. The molecule has 1 aromatic heterocycles. The molecule has 0 spiro atoms. The number of rotatable bonds is 3. The molecule has 2 rings (SSSR count). The summed E-state index contributed by atoms with van der Waals surface area (Å²) in [4.78, 5) is 19.2. The minimum Gasteiger partial charge on any atom is -0.326 e. The summed E-state index contributed by atoms with van der Waals surface area (Å²) in [7, 11) is 0. The molecule has 2 aromatic rings. The van der Waals surface area contributed by atoms with E-state index in [1.165, 1.54) is 17.8 Å². The van der Waals surface area contributed by atoms with Crippen molar-refractivity contribution in [1.29, 1.82) is 0 Å². The Morgan fingerprint density at radius 2 is 2.28 bits per heavy atom. The van der Waals surface area contributed by atoms with Crippen LogP contribution >= 0.6 is 23.4 Å². The van der Waals surface area contributed by atoms with E-state index in [-0.39, 0.29) is 5.56 Å². The van der Waals surface area contributed by atoms with Gasteiger partial charge in [0.05, 0.1) is 0 Å². The largest absolute Gasteiger partial charge is 0.326 e. The van der Waals surface area contributed by atoms with Crippen molar-refractivity contribution < 1.29 is 0 Å². The highest BCUT2D eigenvalue weighted by atomic mass is 35.5. The van der Waals surface area contributed by atoms with Gasteiger partial charge in [0, 0.05) is 28.2 Å². The second kappa shape index (κ2) is 5.56. The maximum Gasteiger partial charge on any atom is 0.251 e. The van der Waals surface area contributed by atoms with Crippen molar-refractivity contribution in [2.75, 3.05) is 0 Å². The van der Waals surface area contributed by atoms with Crippen LogP contribution in [0.3, 0.4) is 0 Å². The molecule has 0 unspecified atom stereocenters. The van der Waals surface area contributed by atoms with Gasteiger partial charge in [0.1, 0.15) is 0 Å². The van der Waals surface area contributed by atoms with Crippen LogP contribution in [-0.2, 0) is 6.54 Å². The van der Waals surface area contributed by atoms with Crippen molar-refractivity contribution in [3.63, 3.8) is 0 Å². The van der Waals surface area contributed by atoms with Gasteiger partial charge in [-0.05, 0) is 24.6 Å². The molecule has 0 radical (unpaired) electrons. The molecule has 0 aliphatic carbocycles. The van der Waals surface area contributed by atoms with Crippen molar-refractivity contribution in [3.05, 3.63) is 50.9 Å². The number of nitrogens with zero attached hydrogens (tertiary/aromatic N) is 1. The zero-order valence-electron chi connectivity index (χ0n) is 9.74. The fourth-order valence-electron chi connectivity index (χ4n) is 1.54. The number of aryl methyl sites for hydroxylation is 1. The molecule has 0 bridgehead atoms. The van der Waals surface area contributed by atoms with Crippen LogP contribution in [0.1, 0.15) is 11.3 Å². The lowest BCUT2D eigenvalue weighted by Gasteiger charge is -2.08. The predicted molar refractivity (Wildman–Crippen MR) is 73.1 cm³/mol. The summed E-state index contributed by atoms with van der Waals surface area (Å²) in [5.74, 6) is 0. The predicted octanol–water partition coefficient (Wildman–Crippen LogP) is 2.34. The number of aromatic amines is 1. The molecule has 0 atom stereocenters. The third kappa shape index (κ3) is 2.93. The lowest BCUT2D eigenvalue weighted by molar-refractivity contribution is 0.903. The van der Waals surface area contributed by atoms with Crippen molar-refractivity contribution in [2.45, 2.75) is 23.5 Å². The van der Waals surface area contributed by atoms with E-state index >= 15 is 0 Å². The number of benzene rings is 1. The Balaban J connectivity index is 2.39. The lowest BCUT2D eigenvalue weighted by atomic mass is 10.2. The van der Waals surface area contributed by atoms with E-state index in [4.69, 9.17) is 17.3 Å². The maximum atomic E-state index is 11.4. The van der Waals surface area contributed by atoms with Gasteiger partial charge in [-0.3, -0.25) is 4.79 Å². The Hall–Kier alpha value is -1.30. The summed E-state index contributed by atoms with van der Waals surface area (Å²) in [5, 5.41) is 1.16. The van der Waals surface area contributed by atoms with E-state index in [0.717, 1.165) is 10.5 Å². The molecule has 6 heteroatoms. The summed E-state index contributed by atoms with van der Waals surface area (Å²) in [6.07, 6.45) is 0. The van der Waals surface area contributed by atoms with Crippen LogP contribution in [-0.4, -0.2) is 9.97 Å². The van der Waals surface area contributed by atoms with E-state index in [0.29, 0.717) is 22.4 Å². The van der Waals surface area contributed by atoms with Gasteiger partial charge in [0.15, 0.2) is 5.16 Å². The summed E-state index contributed by atoms with van der Waals surface area (Å²) < 4.78 is 0. The molecule has 0 saturated carbocycles. The molecule has 0 saturated heterocycles. The van der Waals surface area contributed by atoms with E-state index in [9.17, 15) is 4.79 Å². The summed E-state index contributed by atoms with van der Waals surface area (Å²) in [6, 6.07) is 6.99. The zero-order valence-corrected chi connectivity index (χ0v) is 11.3. The Bertz CT molecular complexity index is 627. The highest BCUT2D eigenvalue weighted by Gasteiger charge is 2.08. The van der Waals surface area contributed by atoms with E-state index in [2.05, 4.69) is 9.97 Å². The van der Waals surface area contributed by atoms with Crippen LogP contribution < -0.4 is 11.3 Å². The topological polar surface area (TPSA) is 71.8 Å². The van der Waals surface area contributed by atoms with Crippen LogP contribution in [0, 0.1) is 6.92 Å². The van der Waals surface area contributed by atoms with Gasteiger partial charge < -0.3 is 10.7 Å². The normalized spacial score (nSPS) is 10.6. The summed E-state index contributed by atoms with van der Waals surface area (Å²) in [6.45, 7) is 2.12. The zero-order chi connectivity index (χ0) is 13.1. The second-order valence-corrected chi connectivity index (χ2v) is 5.15. The van der Waals surface area contributed by atoms with Crippen LogP contribution in [0.2, 0.25) is 5.02 Å². The molecule has 0 fully saturated rings.